The number of nitrogens with two attached hydrogens (primary N) is 1. The summed E-state index contributed by atoms with van der Waals surface area (Å²) in [5.41, 5.74) is 6.62. The van der Waals surface area contributed by atoms with Gasteiger partial charge in [0.1, 0.15) is 17.6 Å². The van der Waals surface area contributed by atoms with Gasteiger partial charge in [0, 0.05) is 41.8 Å². The third-order valence-corrected chi connectivity index (χ3v) is 10.2. The lowest BCUT2D eigenvalue weighted by atomic mass is 9.93. The number of rotatable bonds is 9. The Balaban J connectivity index is 1.69. The number of halogens is 2. The number of primary amides is 1. The van der Waals surface area contributed by atoms with Gasteiger partial charge in [-0.05, 0) is 81.3 Å². The van der Waals surface area contributed by atoms with Crippen LogP contribution >= 0.6 is 23.2 Å². The summed E-state index contributed by atoms with van der Waals surface area (Å²) < 4.78 is 35.8. The molecule has 256 valence electrons. The van der Waals surface area contributed by atoms with Crippen LogP contribution in [0.15, 0.2) is 76.6 Å². The standard InChI is InChI=1S/C34H40Cl2N6O5S/c1-5-47-28-15-14-26(48(45,46)39-34(2,3)4)20-27(28)32-38-30(22-6-10-24(35)11-7-22)31(23-8-12-25(36)13-9-23)42(32)33(44)41-18-16-40(17-19-41)21-29(37)43/h6-15,20,30-31,39H,5,16-19,21H2,1-4H3,(H2,37,43)/t30-,31+/m0/s1. The number of amides is 3. The Morgan fingerprint density at radius 3 is 2.06 bits per heavy atom. The number of hydrogen-bond donors (Lipinski definition) is 2. The van der Waals surface area contributed by atoms with E-state index >= 15 is 0 Å². The van der Waals surface area contributed by atoms with Gasteiger partial charge in [-0.25, -0.2) is 17.9 Å². The molecule has 3 aromatic rings. The van der Waals surface area contributed by atoms with E-state index in [9.17, 15) is 18.0 Å². The molecule has 2 aliphatic rings. The zero-order chi connectivity index (χ0) is 34.8. The number of carbonyl (C=O) groups excluding carboxylic acids is 2. The molecule has 14 heteroatoms. The monoisotopic (exact) mass is 714 g/mol. The Hall–Kier alpha value is -3.68. The number of benzene rings is 3. The fourth-order valence-corrected chi connectivity index (χ4v) is 7.62. The SMILES string of the molecule is CCOc1ccc(S(=O)(=O)NC(C)(C)C)cc1C1=N[C@@H](c2ccc(Cl)cc2)[C@@H](c2ccc(Cl)cc2)N1C(=O)N1CCN(CC(N)=O)CC1. The lowest BCUT2D eigenvalue weighted by Crippen LogP contribution is -2.55. The molecule has 48 heavy (non-hydrogen) atoms. The van der Waals surface area contributed by atoms with Gasteiger partial charge in [0.15, 0.2) is 0 Å². The molecule has 0 aliphatic carbocycles. The summed E-state index contributed by atoms with van der Waals surface area (Å²) in [6, 6.07) is 17.5. The number of nitrogens with zero attached hydrogens (tertiary/aromatic N) is 4. The number of aliphatic imine (C=N–C) groups is 1. The molecular weight excluding hydrogens is 675 g/mol. The summed E-state index contributed by atoms with van der Waals surface area (Å²) in [6.07, 6.45) is 0. The number of ether oxygens (including phenoxy) is 1. The van der Waals surface area contributed by atoms with Crippen LogP contribution in [-0.4, -0.2) is 85.8 Å². The number of hydrogen-bond acceptors (Lipinski definition) is 7. The van der Waals surface area contributed by atoms with Crippen molar-refractivity contribution in [3.63, 3.8) is 0 Å². The van der Waals surface area contributed by atoms with E-state index in [1.165, 1.54) is 12.1 Å². The van der Waals surface area contributed by atoms with Crippen LogP contribution in [0.1, 0.15) is 56.5 Å². The molecule has 3 aromatic carbocycles. The molecule has 0 spiro atoms. The lowest BCUT2D eigenvalue weighted by Gasteiger charge is -2.38. The summed E-state index contributed by atoms with van der Waals surface area (Å²) in [5.74, 6) is 0.203. The predicted octanol–water partition coefficient (Wildman–Crippen LogP) is 5.24. The van der Waals surface area contributed by atoms with Gasteiger partial charge < -0.3 is 15.4 Å². The summed E-state index contributed by atoms with van der Waals surface area (Å²) in [5, 5.41) is 1.08. The van der Waals surface area contributed by atoms with Gasteiger partial charge >= 0.3 is 6.03 Å². The molecule has 0 saturated carbocycles. The van der Waals surface area contributed by atoms with Crippen molar-refractivity contribution in [2.75, 3.05) is 39.3 Å². The van der Waals surface area contributed by atoms with E-state index in [0.717, 1.165) is 11.1 Å². The van der Waals surface area contributed by atoms with Crippen LogP contribution in [0.5, 0.6) is 5.75 Å². The topological polar surface area (TPSA) is 138 Å². The normalized spacial score (nSPS) is 18.9. The molecule has 2 atom stereocenters. The fraction of sp³-hybridized carbons (Fsp3) is 0.382. The van der Waals surface area contributed by atoms with E-state index in [2.05, 4.69) is 4.72 Å². The molecule has 1 fully saturated rings. The average molecular weight is 716 g/mol. The van der Waals surface area contributed by atoms with Crippen LogP contribution in [0.4, 0.5) is 4.79 Å². The average Bonchev–Trinajstić information content (AvgIpc) is 3.41. The molecule has 3 N–H and O–H groups in total. The van der Waals surface area contributed by atoms with Gasteiger partial charge in [-0.1, -0.05) is 47.5 Å². The van der Waals surface area contributed by atoms with Crippen molar-refractivity contribution >= 4 is 51.0 Å². The Morgan fingerprint density at radius 1 is 0.938 bits per heavy atom. The molecule has 5 rings (SSSR count). The molecule has 2 aliphatic heterocycles. The number of piperazine rings is 1. The molecule has 0 unspecified atom stereocenters. The van der Waals surface area contributed by atoms with Crippen molar-refractivity contribution in [3.8, 4) is 5.75 Å². The maximum Gasteiger partial charge on any atom is 0.326 e. The first kappa shape index (κ1) is 35.6. The lowest BCUT2D eigenvalue weighted by molar-refractivity contribution is -0.119. The third-order valence-electron chi connectivity index (χ3n) is 7.96. The van der Waals surface area contributed by atoms with Crippen molar-refractivity contribution in [1.29, 1.82) is 0 Å². The highest BCUT2D eigenvalue weighted by molar-refractivity contribution is 7.89. The van der Waals surface area contributed by atoms with Crippen LogP contribution in [0, 0.1) is 0 Å². The minimum absolute atomic E-state index is 0.00373. The molecule has 0 bridgehead atoms. The number of sulfonamides is 1. The number of amidine groups is 1. The molecule has 0 aromatic heterocycles. The van der Waals surface area contributed by atoms with Crippen LogP contribution in [0.2, 0.25) is 10.0 Å². The first-order valence-corrected chi connectivity index (χ1v) is 17.9. The summed E-state index contributed by atoms with van der Waals surface area (Å²) in [4.78, 5) is 36.8. The number of nitrogens with one attached hydrogen (secondary N) is 1. The fourth-order valence-electron chi connectivity index (χ4n) is 5.92. The van der Waals surface area contributed by atoms with E-state index in [0.29, 0.717) is 54.1 Å². The summed E-state index contributed by atoms with van der Waals surface area (Å²) in [7, 11) is -3.96. The quantitative estimate of drug-likeness (QED) is 0.311. The van der Waals surface area contributed by atoms with E-state index in [4.69, 9.17) is 38.7 Å². The van der Waals surface area contributed by atoms with E-state index in [-0.39, 0.29) is 23.3 Å². The highest BCUT2D eigenvalue weighted by Gasteiger charge is 2.45. The van der Waals surface area contributed by atoms with Crippen molar-refractivity contribution in [1.82, 2.24) is 19.4 Å². The molecule has 1 saturated heterocycles. The molecule has 2 heterocycles. The molecule has 0 radical (unpaired) electrons. The first-order chi connectivity index (χ1) is 22.7. The van der Waals surface area contributed by atoms with Gasteiger partial charge in [0.25, 0.3) is 0 Å². The maximum absolute atomic E-state index is 14.8. The number of urea groups is 1. The Kier molecular flexibility index (Phi) is 10.7. The van der Waals surface area contributed by atoms with Gasteiger partial charge in [-0.2, -0.15) is 0 Å². The van der Waals surface area contributed by atoms with Crippen molar-refractivity contribution < 1.29 is 22.7 Å². The zero-order valence-corrected chi connectivity index (χ0v) is 29.6. The largest absolute Gasteiger partial charge is 0.493 e. The van der Waals surface area contributed by atoms with Crippen LogP contribution in [0.3, 0.4) is 0 Å². The third kappa shape index (κ3) is 8.12. The Labute approximate surface area is 291 Å². The zero-order valence-electron chi connectivity index (χ0n) is 27.3. The van der Waals surface area contributed by atoms with Crippen molar-refractivity contribution in [2.45, 2.75) is 50.2 Å². The summed E-state index contributed by atoms with van der Waals surface area (Å²) >= 11 is 12.6. The predicted molar refractivity (Wildman–Crippen MR) is 187 cm³/mol. The highest BCUT2D eigenvalue weighted by Crippen LogP contribution is 2.45. The minimum Gasteiger partial charge on any atom is -0.493 e. The second-order valence-electron chi connectivity index (χ2n) is 12.8. The van der Waals surface area contributed by atoms with E-state index in [1.54, 1.807) is 60.9 Å². The van der Waals surface area contributed by atoms with Gasteiger partial charge in [0.2, 0.25) is 15.9 Å². The van der Waals surface area contributed by atoms with Gasteiger partial charge in [-0.15, -0.1) is 0 Å². The second kappa shape index (κ2) is 14.4. The molecule has 11 nitrogen and oxygen atoms in total. The second-order valence-corrected chi connectivity index (χ2v) is 15.3. The minimum atomic E-state index is -3.96. The van der Waals surface area contributed by atoms with Crippen LogP contribution in [0.25, 0.3) is 0 Å². The van der Waals surface area contributed by atoms with Crippen molar-refractivity contribution in [3.05, 3.63) is 93.5 Å². The summed E-state index contributed by atoms with van der Waals surface area (Å²) in [6.45, 7) is 9.11. The van der Waals surface area contributed by atoms with Crippen LogP contribution < -0.4 is 15.2 Å². The van der Waals surface area contributed by atoms with Gasteiger partial charge in [0.05, 0.1) is 29.7 Å². The first-order valence-electron chi connectivity index (χ1n) is 15.7. The van der Waals surface area contributed by atoms with Crippen LogP contribution in [-0.2, 0) is 14.8 Å². The highest BCUT2D eigenvalue weighted by atomic mass is 35.5. The van der Waals surface area contributed by atoms with Crippen molar-refractivity contribution in [2.24, 2.45) is 10.7 Å². The van der Waals surface area contributed by atoms with Gasteiger partial charge in [-0.3, -0.25) is 19.6 Å². The van der Waals surface area contributed by atoms with E-state index < -0.39 is 33.6 Å². The Bertz CT molecular complexity index is 1790. The molecular formula is C34H40Cl2N6O5S. The Morgan fingerprint density at radius 2 is 1.52 bits per heavy atom. The molecule has 3 amide bonds. The van der Waals surface area contributed by atoms with E-state index in [1.807, 2.05) is 36.1 Å². The smallest absolute Gasteiger partial charge is 0.326 e. The maximum atomic E-state index is 14.8. The number of carbonyl (C=O) groups is 2.